The Balaban J connectivity index is 3.75. The topological polar surface area (TPSA) is 52.6 Å². The molecule has 4 nitrogen and oxygen atoms in total. The first kappa shape index (κ1) is 14.7. The number of carbonyl (C=O) groups is 2. The van der Waals surface area contributed by atoms with Gasteiger partial charge >= 0.3 is 11.9 Å². The van der Waals surface area contributed by atoms with Crippen molar-refractivity contribution in [2.45, 2.75) is 34.1 Å². The molecule has 0 saturated carbocycles. The third-order valence-electron chi connectivity index (χ3n) is 2.30. The first-order valence-corrected chi connectivity index (χ1v) is 5.40. The van der Waals surface area contributed by atoms with E-state index in [0.29, 0.717) is 6.42 Å². The van der Waals surface area contributed by atoms with Gasteiger partial charge in [-0.1, -0.05) is 13.0 Å². The van der Waals surface area contributed by atoms with Gasteiger partial charge in [-0.2, -0.15) is 0 Å². The van der Waals surface area contributed by atoms with E-state index < -0.39 is 11.4 Å². The predicted molar refractivity (Wildman–Crippen MR) is 60.8 cm³/mol. The molecule has 0 aliphatic rings. The fourth-order valence-corrected chi connectivity index (χ4v) is 0.801. The van der Waals surface area contributed by atoms with Crippen LogP contribution < -0.4 is 0 Å². The van der Waals surface area contributed by atoms with Gasteiger partial charge in [-0.15, -0.1) is 0 Å². The lowest BCUT2D eigenvalue weighted by Gasteiger charge is -2.20. The third-order valence-corrected chi connectivity index (χ3v) is 2.30. The van der Waals surface area contributed by atoms with Crippen molar-refractivity contribution in [2.24, 2.45) is 5.41 Å². The van der Waals surface area contributed by atoms with E-state index >= 15 is 0 Å². The summed E-state index contributed by atoms with van der Waals surface area (Å²) in [4.78, 5) is 22.4. The largest absolute Gasteiger partial charge is 0.462 e. The summed E-state index contributed by atoms with van der Waals surface area (Å²) < 4.78 is 9.76. The van der Waals surface area contributed by atoms with Gasteiger partial charge in [0.25, 0.3) is 0 Å². The van der Waals surface area contributed by atoms with Gasteiger partial charge in [0, 0.05) is 6.08 Å². The summed E-state index contributed by atoms with van der Waals surface area (Å²) >= 11 is 0. The summed E-state index contributed by atoms with van der Waals surface area (Å²) in [5, 5.41) is 0. The Hall–Kier alpha value is -1.32. The highest BCUT2D eigenvalue weighted by atomic mass is 16.6. The van der Waals surface area contributed by atoms with Crippen molar-refractivity contribution in [1.82, 2.24) is 0 Å². The molecule has 4 heteroatoms. The summed E-state index contributed by atoms with van der Waals surface area (Å²) in [6.45, 7) is 7.49. The normalized spacial score (nSPS) is 11.5. The third kappa shape index (κ3) is 5.53. The molecule has 0 fully saturated rings. The van der Waals surface area contributed by atoms with Crippen LogP contribution in [-0.4, -0.2) is 25.2 Å². The molecule has 0 atom stereocenters. The van der Waals surface area contributed by atoms with Gasteiger partial charge in [0.1, 0.15) is 13.2 Å². The second-order valence-corrected chi connectivity index (χ2v) is 4.04. The molecule has 0 radical (unpaired) electrons. The van der Waals surface area contributed by atoms with Crippen molar-refractivity contribution in [3.05, 3.63) is 12.2 Å². The summed E-state index contributed by atoms with van der Waals surface area (Å²) in [5.41, 5.74) is -0.479. The summed E-state index contributed by atoms with van der Waals surface area (Å²) in [6, 6.07) is 0. The lowest BCUT2D eigenvalue weighted by atomic mass is 9.91. The fourth-order valence-electron chi connectivity index (χ4n) is 0.801. The van der Waals surface area contributed by atoms with Gasteiger partial charge in [0.2, 0.25) is 0 Å². The Bertz CT molecular complexity index is 266. The maximum absolute atomic E-state index is 11.5. The highest BCUT2D eigenvalue weighted by molar-refractivity contribution is 5.81. The van der Waals surface area contributed by atoms with Crippen LogP contribution in [0.1, 0.15) is 34.1 Å². The predicted octanol–water partition coefficient (Wildman–Crippen LogP) is 2.09. The van der Waals surface area contributed by atoms with E-state index in [2.05, 4.69) is 0 Å². The molecule has 0 aromatic carbocycles. The Morgan fingerprint density at radius 1 is 1.19 bits per heavy atom. The maximum atomic E-state index is 11.5. The van der Waals surface area contributed by atoms with Gasteiger partial charge in [-0.05, 0) is 27.2 Å². The van der Waals surface area contributed by atoms with Crippen LogP contribution in [0.3, 0.4) is 0 Å². The average molecular weight is 228 g/mol. The smallest absolute Gasteiger partial charge is 0.330 e. The Labute approximate surface area is 96.6 Å². The Morgan fingerprint density at radius 3 is 2.25 bits per heavy atom. The summed E-state index contributed by atoms with van der Waals surface area (Å²) in [6.07, 6.45) is 3.62. The molecule has 0 unspecified atom stereocenters. The van der Waals surface area contributed by atoms with Crippen LogP contribution in [0.4, 0.5) is 0 Å². The van der Waals surface area contributed by atoms with Crippen molar-refractivity contribution in [1.29, 1.82) is 0 Å². The van der Waals surface area contributed by atoms with Gasteiger partial charge in [-0.25, -0.2) is 4.79 Å². The van der Waals surface area contributed by atoms with Gasteiger partial charge in [-0.3, -0.25) is 4.79 Å². The number of esters is 2. The molecule has 0 N–H and O–H groups in total. The molecule has 0 aliphatic heterocycles. The van der Waals surface area contributed by atoms with E-state index in [1.807, 2.05) is 20.8 Å². The Morgan fingerprint density at radius 2 is 1.75 bits per heavy atom. The second kappa shape index (κ2) is 7.04. The minimum absolute atomic E-state index is 0.0920. The molecule has 0 spiro atoms. The molecule has 92 valence electrons. The van der Waals surface area contributed by atoms with Gasteiger partial charge < -0.3 is 9.47 Å². The zero-order chi connectivity index (χ0) is 12.6. The molecule has 0 amide bonds. The van der Waals surface area contributed by atoms with Gasteiger partial charge in [0.15, 0.2) is 0 Å². The number of rotatable bonds is 6. The van der Waals surface area contributed by atoms with Crippen LogP contribution >= 0.6 is 0 Å². The minimum atomic E-state index is -0.479. The van der Waals surface area contributed by atoms with Crippen LogP contribution in [0, 0.1) is 5.41 Å². The van der Waals surface area contributed by atoms with Crippen LogP contribution in [0.5, 0.6) is 0 Å². The lowest BCUT2D eigenvalue weighted by molar-refractivity contribution is -0.157. The second-order valence-electron chi connectivity index (χ2n) is 4.04. The van der Waals surface area contributed by atoms with Crippen molar-refractivity contribution in [3.8, 4) is 0 Å². The van der Waals surface area contributed by atoms with Gasteiger partial charge in [0.05, 0.1) is 5.41 Å². The fraction of sp³-hybridized carbons (Fsp3) is 0.667. The number of hydrogen-bond acceptors (Lipinski definition) is 4. The quantitative estimate of drug-likeness (QED) is 0.397. The molecular weight excluding hydrogens is 208 g/mol. The van der Waals surface area contributed by atoms with Crippen LogP contribution in [-0.2, 0) is 19.1 Å². The number of allylic oxidation sites excluding steroid dienone is 1. The van der Waals surface area contributed by atoms with E-state index in [1.54, 1.807) is 13.0 Å². The van der Waals surface area contributed by atoms with Crippen LogP contribution in [0.25, 0.3) is 0 Å². The van der Waals surface area contributed by atoms with E-state index in [1.165, 1.54) is 6.08 Å². The number of carbonyl (C=O) groups excluding carboxylic acids is 2. The van der Waals surface area contributed by atoms with E-state index in [4.69, 9.17) is 9.47 Å². The zero-order valence-electron chi connectivity index (χ0n) is 10.4. The minimum Gasteiger partial charge on any atom is -0.462 e. The first-order chi connectivity index (χ1) is 7.44. The maximum Gasteiger partial charge on any atom is 0.330 e. The summed E-state index contributed by atoms with van der Waals surface area (Å²) in [5.74, 6) is -0.689. The van der Waals surface area contributed by atoms with Crippen molar-refractivity contribution in [3.63, 3.8) is 0 Å². The van der Waals surface area contributed by atoms with Crippen LogP contribution in [0.2, 0.25) is 0 Å². The molecule has 0 aliphatic carbocycles. The number of ether oxygens (including phenoxy) is 2. The van der Waals surface area contributed by atoms with Crippen molar-refractivity contribution >= 4 is 11.9 Å². The molecular formula is C12H20O4. The standard InChI is InChI=1S/C12H20O4/c1-5-7-10(13)15-8-9-16-11(14)12(3,4)6-2/h5,7H,6,8-9H2,1-4H3. The molecule has 0 heterocycles. The van der Waals surface area contributed by atoms with E-state index in [0.717, 1.165) is 0 Å². The van der Waals surface area contributed by atoms with Crippen molar-refractivity contribution in [2.75, 3.05) is 13.2 Å². The summed E-state index contributed by atoms with van der Waals surface area (Å²) in [7, 11) is 0. The molecule has 0 rings (SSSR count). The first-order valence-electron chi connectivity index (χ1n) is 5.40. The monoisotopic (exact) mass is 228 g/mol. The lowest BCUT2D eigenvalue weighted by Crippen LogP contribution is -2.27. The van der Waals surface area contributed by atoms with Crippen molar-refractivity contribution < 1.29 is 19.1 Å². The SMILES string of the molecule is CC=CC(=O)OCCOC(=O)C(C)(C)CC. The number of hydrogen-bond donors (Lipinski definition) is 0. The average Bonchev–Trinajstić information content (AvgIpc) is 2.24. The van der Waals surface area contributed by atoms with E-state index in [9.17, 15) is 9.59 Å². The van der Waals surface area contributed by atoms with Crippen LogP contribution in [0.15, 0.2) is 12.2 Å². The molecule has 16 heavy (non-hydrogen) atoms. The molecule has 0 aromatic heterocycles. The highest BCUT2D eigenvalue weighted by Gasteiger charge is 2.26. The van der Waals surface area contributed by atoms with E-state index in [-0.39, 0.29) is 19.2 Å². The Kier molecular flexibility index (Phi) is 6.46. The molecule has 0 bridgehead atoms. The highest BCUT2D eigenvalue weighted by Crippen LogP contribution is 2.21. The molecule has 0 aromatic rings. The molecule has 0 saturated heterocycles. The zero-order valence-corrected chi connectivity index (χ0v) is 10.4.